The van der Waals surface area contributed by atoms with E-state index in [1.165, 1.54) is 18.4 Å². The maximum absolute atomic E-state index is 12.7. The number of fused-ring (bicyclic) bond motifs is 2. The first kappa shape index (κ1) is 19.5. The topological polar surface area (TPSA) is 77.9 Å². The lowest BCUT2D eigenvalue weighted by Gasteiger charge is -2.31. The Labute approximate surface area is 183 Å². The molecule has 1 aliphatic rings. The molecule has 0 aliphatic carbocycles. The molecule has 30 heavy (non-hydrogen) atoms. The van der Waals surface area contributed by atoms with Crippen LogP contribution in [0, 0.1) is 5.92 Å². The second-order valence-electron chi connectivity index (χ2n) is 8.30. The third-order valence-electron chi connectivity index (χ3n) is 6.23. The van der Waals surface area contributed by atoms with Gasteiger partial charge in [0.15, 0.2) is 0 Å². The molecule has 2 aromatic carbocycles. The number of nitrogens with one attached hydrogen (secondary N) is 2. The fourth-order valence-electron chi connectivity index (χ4n) is 4.44. The highest BCUT2D eigenvalue weighted by Gasteiger charge is 2.18. The largest absolute Gasteiger partial charge is 0.354 e. The number of hydrogen-bond acceptors (Lipinski definition) is 3. The number of nitrogens with two attached hydrogens (primary N) is 1. The maximum Gasteiger partial charge on any atom is 0.257 e. The van der Waals surface area contributed by atoms with E-state index in [9.17, 15) is 4.79 Å². The number of hydrogen-bond donors (Lipinski definition) is 3. The minimum atomic E-state index is -0.0839. The normalized spacial score (nSPS) is 15.9. The molecular formula is C24H25BrN4O. The Morgan fingerprint density at radius 3 is 2.50 bits per heavy atom. The van der Waals surface area contributed by atoms with E-state index in [0.29, 0.717) is 11.5 Å². The van der Waals surface area contributed by atoms with Crippen molar-refractivity contribution in [2.45, 2.75) is 19.4 Å². The van der Waals surface area contributed by atoms with E-state index >= 15 is 0 Å². The summed E-state index contributed by atoms with van der Waals surface area (Å²) in [5.41, 5.74) is 10.4. The Morgan fingerprint density at radius 2 is 1.70 bits per heavy atom. The molecule has 5 rings (SSSR count). The zero-order chi connectivity index (χ0) is 20.7. The van der Waals surface area contributed by atoms with Crippen LogP contribution in [-0.4, -0.2) is 34.5 Å². The molecule has 4 N–H and O–H groups in total. The van der Waals surface area contributed by atoms with Gasteiger partial charge in [0.05, 0.1) is 11.3 Å². The Kier molecular flexibility index (Phi) is 5.23. The molecule has 6 heteroatoms. The lowest BCUT2D eigenvalue weighted by molar-refractivity contribution is 0.180. The van der Waals surface area contributed by atoms with Crippen LogP contribution in [0.2, 0.25) is 0 Å². The number of halogens is 1. The average molecular weight is 465 g/mol. The number of pyridine rings is 1. The van der Waals surface area contributed by atoms with Gasteiger partial charge in [-0.05, 0) is 86.4 Å². The zero-order valence-corrected chi connectivity index (χ0v) is 18.3. The standard InChI is InChI=1S/C24H25BrN4O/c25-19-2-4-22-18(10-19)11-20(24(30)28-22)23-12-17-9-16(1-3-21(17)27-23)14-29-7-5-15(13-26)6-8-29/h1-4,9-12,15,27H,5-8,13-14,26H2,(H,28,30). The summed E-state index contributed by atoms with van der Waals surface area (Å²) >= 11 is 3.51. The van der Waals surface area contributed by atoms with Crippen LogP contribution in [0.15, 0.2) is 57.8 Å². The first-order chi connectivity index (χ1) is 14.6. The highest BCUT2D eigenvalue weighted by atomic mass is 79.9. The van der Waals surface area contributed by atoms with Crippen LogP contribution in [0.3, 0.4) is 0 Å². The van der Waals surface area contributed by atoms with Crippen molar-refractivity contribution in [3.8, 4) is 11.3 Å². The number of rotatable bonds is 4. The molecule has 0 radical (unpaired) electrons. The molecule has 1 aliphatic heterocycles. The van der Waals surface area contributed by atoms with E-state index in [2.05, 4.69) is 55.1 Å². The molecule has 0 unspecified atom stereocenters. The van der Waals surface area contributed by atoms with Gasteiger partial charge in [-0.3, -0.25) is 9.69 Å². The van der Waals surface area contributed by atoms with Crippen LogP contribution in [0.4, 0.5) is 0 Å². The van der Waals surface area contributed by atoms with Crippen molar-refractivity contribution in [2.24, 2.45) is 11.7 Å². The molecule has 3 heterocycles. The number of aromatic amines is 2. The van der Waals surface area contributed by atoms with Gasteiger partial charge in [-0.1, -0.05) is 22.0 Å². The third-order valence-corrected chi connectivity index (χ3v) is 6.72. The lowest BCUT2D eigenvalue weighted by atomic mass is 9.97. The monoisotopic (exact) mass is 464 g/mol. The van der Waals surface area contributed by atoms with Gasteiger partial charge >= 0.3 is 0 Å². The fraction of sp³-hybridized carbons (Fsp3) is 0.292. The van der Waals surface area contributed by atoms with E-state index in [4.69, 9.17) is 5.73 Å². The molecule has 154 valence electrons. The van der Waals surface area contributed by atoms with Crippen molar-refractivity contribution in [3.05, 3.63) is 68.9 Å². The molecule has 0 spiro atoms. The summed E-state index contributed by atoms with van der Waals surface area (Å²) in [6.07, 6.45) is 2.38. The van der Waals surface area contributed by atoms with Gasteiger partial charge < -0.3 is 15.7 Å². The predicted molar refractivity (Wildman–Crippen MR) is 127 cm³/mol. The van der Waals surface area contributed by atoms with E-state index in [1.807, 2.05) is 24.3 Å². The van der Waals surface area contributed by atoms with Crippen molar-refractivity contribution in [2.75, 3.05) is 19.6 Å². The second kappa shape index (κ2) is 8.02. The van der Waals surface area contributed by atoms with E-state index < -0.39 is 0 Å². The summed E-state index contributed by atoms with van der Waals surface area (Å²) in [5.74, 6) is 0.677. The van der Waals surface area contributed by atoms with Crippen LogP contribution >= 0.6 is 15.9 Å². The van der Waals surface area contributed by atoms with Crippen molar-refractivity contribution >= 4 is 37.7 Å². The zero-order valence-electron chi connectivity index (χ0n) is 16.7. The summed E-state index contributed by atoms with van der Waals surface area (Å²) in [7, 11) is 0. The third kappa shape index (κ3) is 3.83. The minimum absolute atomic E-state index is 0.0839. The van der Waals surface area contributed by atoms with Gasteiger partial charge in [-0.2, -0.15) is 0 Å². The number of piperidine rings is 1. The summed E-state index contributed by atoms with van der Waals surface area (Å²) in [6.45, 7) is 3.98. The fourth-order valence-corrected chi connectivity index (χ4v) is 4.82. The van der Waals surface area contributed by atoms with E-state index in [0.717, 1.165) is 58.2 Å². The first-order valence-corrected chi connectivity index (χ1v) is 11.3. The van der Waals surface area contributed by atoms with Gasteiger partial charge in [0.25, 0.3) is 5.56 Å². The van der Waals surface area contributed by atoms with Crippen LogP contribution in [-0.2, 0) is 6.54 Å². The Balaban J connectivity index is 1.44. The molecule has 0 bridgehead atoms. The van der Waals surface area contributed by atoms with Crippen LogP contribution < -0.4 is 11.3 Å². The summed E-state index contributed by atoms with van der Waals surface area (Å²) in [6, 6.07) is 16.4. The number of likely N-dealkylation sites (tertiary alicyclic amines) is 1. The van der Waals surface area contributed by atoms with Gasteiger partial charge in [0, 0.05) is 32.8 Å². The van der Waals surface area contributed by atoms with Gasteiger partial charge in [0.2, 0.25) is 0 Å². The molecule has 1 saturated heterocycles. The van der Waals surface area contributed by atoms with Crippen molar-refractivity contribution in [1.29, 1.82) is 0 Å². The molecule has 4 aromatic rings. The SMILES string of the molecule is NCC1CCN(Cc2ccc3[nH]c(-c4cc5cc(Br)ccc5[nH]c4=O)cc3c2)CC1. The Hall–Kier alpha value is -2.41. The Bertz CT molecular complexity index is 1270. The molecule has 2 aromatic heterocycles. The van der Waals surface area contributed by atoms with Crippen LogP contribution in [0.5, 0.6) is 0 Å². The number of aromatic nitrogens is 2. The molecule has 0 saturated carbocycles. The maximum atomic E-state index is 12.7. The molecule has 5 nitrogen and oxygen atoms in total. The smallest absolute Gasteiger partial charge is 0.257 e. The predicted octanol–water partition coefficient (Wildman–Crippen LogP) is 4.61. The van der Waals surface area contributed by atoms with Gasteiger partial charge in [0.1, 0.15) is 0 Å². The van der Waals surface area contributed by atoms with Crippen molar-refractivity contribution in [3.63, 3.8) is 0 Å². The van der Waals surface area contributed by atoms with Gasteiger partial charge in [-0.15, -0.1) is 0 Å². The Morgan fingerprint density at radius 1 is 0.967 bits per heavy atom. The van der Waals surface area contributed by atoms with Crippen LogP contribution in [0.1, 0.15) is 18.4 Å². The minimum Gasteiger partial charge on any atom is -0.354 e. The van der Waals surface area contributed by atoms with Crippen LogP contribution in [0.25, 0.3) is 33.1 Å². The van der Waals surface area contributed by atoms with Crippen molar-refractivity contribution in [1.82, 2.24) is 14.9 Å². The van der Waals surface area contributed by atoms with E-state index in [1.54, 1.807) is 0 Å². The average Bonchev–Trinajstić information content (AvgIpc) is 3.17. The molecular weight excluding hydrogens is 440 g/mol. The summed E-state index contributed by atoms with van der Waals surface area (Å²) < 4.78 is 0.991. The quantitative estimate of drug-likeness (QED) is 0.412. The van der Waals surface area contributed by atoms with Gasteiger partial charge in [-0.25, -0.2) is 0 Å². The molecule has 1 fully saturated rings. The first-order valence-electron chi connectivity index (χ1n) is 10.5. The summed E-state index contributed by atoms with van der Waals surface area (Å²) in [4.78, 5) is 21.6. The highest BCUT2D eigenvalue weighted by molar-refractivity contribution is 9.10. The summed E-state index contributed by atoms with van der Waals surface area (Å²) in [5, 5.41) is 2.13. The lowest BCUT2D eigenvalue weighted by Crippen LogP contribution is -2.35. The number of H-pyrrole nitrogens is 2. The number of nitrogens with zero attached hydrogens (tertiary/aromatic N) is 1. The van der Waals surface area contributed by atoms with E-state index in [-0.39, 0.29) is 5.56 Å². The molecule has 0 atom stereocenters. The number of benzene rings is 2. The molecule has 0 amide bonds. The highest BCUT2D eigenvalue weighted by Crippen LogP contribution is 2.27. The second-order valence-corrected chi connectivity index (χ2v) is 9.22. The van der Waals surface area contributed by atoms with Crippen molar-refractivity contribution < 1.29 is 0 Å².